The number of imidazole rings is 1. The fraction of sp³-hybridized carbons (Fsp3) is 0.312. The predicted molar refractivity (Wildman–Crippen MR) is 88.3 cm³/mol. The average Bonchev–Trinajstić information content (AvgIpc) is 3.30. The average molecular weight is 350 g/mol. The lowest BCUT2D eigenvalue weighted by Gasteiger charge is -2.16. The van der Waals surface area contributed by atoms with Crippen LogP contribution in [0.2, 0.25) is 5.28 Å². The highest BCUT2D eigenvalue weighted by molar-refractivity contribution is 6.28. The van der Waals surface area contributed by atoms with Crippen LogP contribution in [0.1, 0.15) is 18.9 Å². The first-order chi connectivity index (χ1) is 11.5. The lowest BCUT2D eigenvalue weighted by molar-refractivity contribution is 0.510. The third kappa shape index (κ3) is 2.39. The molecule has 124 valence electrons. The zero-order chi connectivity index (χ0) is 17.0. The molecule has 2 heterocycles. The van der Waals surface area contributed by atoms with Crippen LogP contribution in [-0.2, 0) is 0 Å². The zero-order valence-corrected chi connectivity index (χ0v) is 13.8. The summed E-state index contributed by atoms with van der Waals surface area (Å²) in [7, 11) is 3.68. The van der Waals surface area contributed by atoms with E-state index in [9.17, 15) is 8.78 Å². The fourth-order valence-electron chi connectivity index (χ4n) is 2.83. The van der Waals surface area contributed by atoms with Gasteiger partial charge in [-0.3, -0.25) is 0 Å². The topological polar surface area (TPSA) is 46.8 Å². The summed E-state index contributed by atoms with van der Waals surface area (Å²) < 4.78 is 29.3. The smallest absolute Gasteiger partial charge is 0.224 e. The van der Waals surface area contributed by atoms with E-state index in [1.807, 2.05) is 18.7 Å². The van der Waals surface area contributed by atoms with Gasteiger partial charge in [-0.25, -0.2) is 18.7 Å². The number of nitrogens with zero attached hydrogens (tertiary/aromatic N) is 5. The Morgan fingerprint density at radius 2 is 1.88 bits per heavy atom. The lowest BCUT2D eigenvalue weighted by atomic mass is 10.2. The Balaban J connectivity index is 2.02. The van der Waals surface area contributed by atoms with E-state index in [4.69, 9.17) is 11.6 Å². The molecule has 5 nitrogen and oxygen atoms in total. The first kappa shape index (κ1) is 15.3. The highest BCUT2D eigenvalue weighted by Crippen LogP contribution is 2.42. The van der Waals surface area contributed by atoms with E-state index >= 15 is 0 Å². The summed E-state index contributed by atoms with van der Waals surface area (Å²) in [5, 5.41) is 0.133. The minimum absolute atomic E-state index is 0.133. The molecule has 3 aromatic rings. The molecule has 4 rings (SSSR count). The SMILES string of the molecule is CN(C)c1nc(Cl)ncc1-c1nc2cc(F)c(F)cc2n1C1CC1. The number of aromatic nitrogens is 4. The van der Waals surface area contributed by atoms with Gasteiger partial charge in [0.2, 0.25) is 5.28 Å². The number of benzene rings is 1. The fourth-order valence-corrected chi connectivity index (χ4v) is 2.96. The third-order valence-corrected chi connectivity index (χ3v) is 4.23. The molecule has 1 aromatic carbocycles. The van der Waals surface area contributed by atoms with Crippen LogP contribution >= 0.6 is 11.6 Å². The van der Waals surface area contributed by atoms with Crippen LogP contribution in [0.3, 0.4) is 0 Å². The molecule has 24 heavy (non-hydrogen) atoms. The highest BCUT2D eigenvalue weighted by Gasteiger charge is 2.30. The minimum atomic E-state index is -0.908. The molecule has 0 unspecified atom stereocenters. The molecular weight excluding hydrogens is 336 g/mol. The van der Waals surface area contributed by atoms with Crippen LogP contribution in [-0.4, -0.2) is 33.6 Å². The second-order valence-electron chi connectivity index (χ2n) is 6.06. The summed E-state index contributed by atoms with van der Waals surface area (Å²) in [6.07, 6.45) is 3.55. The Hall–Kier alpha value is -2.28. The summed E-state index contributed by atoms with van der Waals surface area (Å²) >= 11 is 5.91. The normalized spacial score (nSPS) is 14.4. The number of rotatable bonds is 3. The maximum absolute atomic E-state index is 13.7. The van der Waals surface area contributed by atoms with Gasteiger partial charge in [-0.2, -0.15) is 4.98 Å². The van der Waals surface area contributed by atoms with Crippen LogP contribution in [0.25, 0.3) is 22.4 Å². The van der Waals surface area contributed by atoms with Gasteiger partial charge >= 0.3 is 0 Å². The van der Waals surface area contributed by atoms with E-state index in [0.29, 0.717) is 28.2 Å². The van der Waals surface area contributed by atoms with Crippen molar-refractivity contribution in [2.45, 2.75) is 18.9 Å². The molecule has 2 aromatic heterocycles. The van der Waals surface area contributed by atoms with Crippen molar-refractivity contribution in [3.8, 4) is 11.4 Å². The molecule has 0 saturated heterocycles. The Labute approximate surface area is 141 Å². The Bertz CT molecular complexity index is 949. The number of fused-ring (bicyclic) bond motifs is 1. The third-order valence-electron chi connectivity index (χ3n) is 4.05. The first-order valence-corrected chi connectivity index (χ1v) is 7.90. The van der Waals surface area contributed by atoms with E-state index in [0.717, 1.165) is 18.9 Å². The Kier molecular flexibility index (Phi) is 3.42. The molecule has 1 aliphatic carbocycles. The van der Waals surface area contributed by atoms with Gasteiger partial charge in [0.05, 0.1) is 16.6 Å². The van der Waals surface area contributed by atoms with Crippen molar-refractivity contribution in [1.29, 1.82) is 0 Å². The molecule has 0 N–H and O–H groups in total. The van der Waals surface area contributed by atoms with Gasteiger partial charge in [-0.05, 0) is 24.4 Å². The first-order valence-electron chi connectivity index (χ1n) is 7.53. The summed E-state index contributed by atoms with van der Waals surface area (Å²) in [6.45, 7) is 0. The monoisotopic (exact) mass is 349 g/mol. The van der Waals surface area contributed by atoms with Crippen LogP contribution in [0, 0.1) is 11.6 Å². The molecule has 1 fully saturated rings. The number of hydrogen-bond acceptors (Lipinski definition) is 4. The Morgan fingerprint density at radius 3 is 2.54 bits per heavy atom. The van der Waals surface area contributed by atoms with E-state index < -0.39 is 11.6 Å². The molecule has 8 heteroatoms. The van der Waals surface area contributed by atoms with Gasteiger partial charge in [0.15, 0.2) is 11.6 Å². The lowest BCUT2D eigenvalue weighted by Crippen LogP contribution is -2.13. The van der Waals surface area contributed by atoms with Gasteiger partial charge in [0.1, 0.15) is 11.6 Å². The number of anilines is 1. The molecule has 0 atom stereocenters. The maximum atomic E-state index is 13.7. The van der Waals surface area contributed by atoms with Crippen molar-refractivity contribution in [2.24, 2.45) is 0 Å². The summed E-state index contributed by atoms with van der Waals surface area (Å²) in [5.41, 5.74) is 1.66. The largest absolute Gasteiger partial charge is 0.362 e. The molecule has 0 amide bonds. The van der Waals surface area contributed by atoms with Crippen molar-refractivity contribution in [3.63, 3.8) is 0 Å². The van der Waals surface area contributed by atoms with Crippen molar-refractivity contribution in [1.82, 2.24) is 19.5 Å². The minimum Gasteiger partial charge on any atom is -0.362 e. The van der Waals surface area contributed by atoms with E-state index in [1.165, 1.54) is 6.07 Å². The summed E-state index contributed by atoms with van der Waals surface area (Å²) in [4.78, 5) is 14.6. The Morgan fingerprint density at radius 1 is 1.17 bits per heavy atom. The molecule has 1 aliphatic rings. The van der Waals surface area contributed by atoms with Gasteiger partial charge in [-0.15, -0.1) is 0 Å². The van der Waals surface area contributed by atoms with Crippen molar-refractivity contribution >= 4 is 28.5 Å². The van der Waals surface area contributed by atoms with Crippen molar-refractivity contribution in [2.75, 3.05) is 19.0 Å². The second-order valence-corrected chi connectivity index (χ2v) is 6.40. The van der Waals surface area contributed by atoms with E-state index in [1.54, 1.807) is 11.1 Å². The van der Waals surface area contributed by atoms with Crippen molar-refractivity contribution in [3.05, 3.63) is 35.2 Å². The van der Waals surface area contributed by atoms with Gasteiger partial charge in [0, 0.05) is 38.5 Å². The maximum Gasteiger partial charge on any atom is 0.224 e. The van der Waals surface area contributed by atoms with Gasteiger partial charge in [-0.1, -0.05) is 0 Å². The van der Waals surface area contributed by atoms with Crippen LogP contribution in [0.5, 0.6) is 0 Å². The number of hydrogen-bond donors (Lipinski definition) is 0. The zero-order valence-electron chi connectivity index (χ0n) is 13.1. The quantitative estimate of drug-likeness (QED) is 0.674. The summed E-state index contributed by atoms with van der Waals surface area (Å²) in [5.74, 6) is -0.586. The van der Waals surface area contributed by atoms with E-state index in [-0.39, 0.29) is 11.3 Å². The molecule has 0 aliphatic heterocycles. The molecule has 1 saturated carbocycles. The van der Waals surface area contributed by atoms with Gasteiger partial charge < -0.3 is 9.47 Å². The van der Waals surface area contributed by atoms with Crippen LogP contribution in [0.4, 0.5) is 14.6 Å². The molecule has 0 spiro atoms. The molecule has 0 bridgehead atoms. The predicted octanol–water partition coefficient (Wildman–Crippen LogP) is 3.83. The second kappa shape index (κ2) is 5.37. The van der Waals surface area contributed by atoms with Crippen LogP contribution < -0.4 is 4.90 Å². The standard InChI is InChI=1S/C16H14ClF2N5/c1-23(2)14-9(7-20-16(17)22-14)15-21-12-5-10(18)11(19)6-13(12)24(15)8-3-4-8/h5-8H,3-4H2,1-2H3. The van der Waals surface area contributed by atoms with Crippen LogP contribution in [0.15, 0.2) is 18.3 Å². The van der Waals surface area contributed by atoms with Crippen molar-refractivity contribution < 1.29 is 8.78 Å². The summed E-state index contributed by atoms with van der Waals surface area (Å²) in [6, 6.07) is 2.55. The highest BCUT2D eigenvalue weighted by atomic mass is 35.5. The number of halogens is 3. The molecule has 0 radical (unpaired) electrons. The molecular formula is C16H14ClF2N5. The van der Waals surface area contributed by atoms with E-state index in [2.05, 4.69) is 15.0 Å². The van der Waals surface area contributed by atoms with Gasteiger partial charge in [0.25, 0.3) is 0 Å².